The molecule has 3 N–H and O–H groups in total. The van der Waals surface area contributed by atoms with Crippen molar-refractivity contribution >= 4 is 30.2 Å². The van der Waals surface area contributed by atoms with Crippen molar-refractivity contribution in [3.8, 4) is 0 Å². The lowest BCUT2D eigenvalue weighted by molar-refractivity contribution is -0.124. The summed E-state index contributed by atoms with van der Waals surface area (Å²) in [4.78, 5) is 32.2. The first-order valence-corrected chi connectivity index (χ1v) is 6.14. The zero-order valence-electron chi connectivity index (χ0n) is 9.51. The summed E-state index contributed by atoms with van der Waals surface area (Å²) in [5, 5.41) is 1.82. The highest BCUT2D eigenvalue weighted by atomic mass is 32.2. The largest absolute Gasteiger partial charge is 0.344 e. The van der Waals surface area contributed by atoms with E-state index in [4.69, 9.17) is 5.73 Å². The molecule has 0 saturated heterocycles. The summed E-state index contributed by atoms with van der Waals surface area (Å²) < 4.78 is 0. The van der Waals surface area contributed by atoms with Gasteiger partial charge in [-0.2, -0.15) is 0 Å². The molecular weight excluding hydrogens is 228 g/mol. The molecule has 0 aromatic rings. The van der Waals surface area contributed by atoms with Crippen LogP contribution in [0, 0.1) is 5.92 Å². The first-order chi connectivity index (χ1) is 7.52. The van der Waals surface area contributed by atoms with Crippen LogP contribution in [0.15, 0.2) is 0 Å². The number of aldehydes is 2. The number of carbonyl (C=O) groups excluding carboxylic acids is 3. The molecule has 0 aliphatic rings. The highest BCUT2D eigenvalue weighted by molar-refractivity contribution is 8.00. The van der Waals surface area contributed by atoms with Crippen LogP contribution in [-0.4, -0.2) is 35.6 Å². The molecule has 1 amide bonds. The number of rotatable bonds is 8. The fourth-order valence-corrected chi connectivity index (χ4v) is 1.63. The Hall–Kier alpha value is -0.880. The monoisotopic (exact) mass is 246 g/mol. The SMILES string of the molecule is CC(C)[C@H](C=O)NC(=O)[C@H](N)SCCC=O. The summed E-state index contributed by atoms with van der Waals surface area (Å²) in [6.45, 7) is 3.68. The summed E-state index contributed by atoms with van der Waals surface area (Å²) in [5.74, 6) is 0.168. The van der Waals surface area contributed by atoms with E-state index in [0.717, 1.165) is 6.29 Å². The second-order valence-corrected chi connectivity index (χ2v) is 4.91. The fraction of sp³-hybridized carbons (Fsp3) is 0.700. The summed E-state index contributed by atoms with van der Waals surface area (Å²) in [6, 6.07) is -0.509. The van der Waals surface area contributed by atoms with E-state index in [-0.39, 0.29) is 11.8 Å². The predicted molar refractivity (Wildman–Crippen MR) is 63.9 cm³/mol. The standard InChI is InChI=1S/C10H18N2O3S/c1-7(2)8(6-14)12-10(15)9(11)16-5-3-4-13/h4,6-9H,3,5,11H2,1-2H3,(H,12,15)/t8-,9+/m0/s1. The van der Waals surface area contributed by atoms with E-state index in [1.165, 1.54) is 11.8 Å². The molecule has 0 aromatic carbocycles. The van der Waals surface area contributed by atoms with E-state index in [2.05, 4.69) is 5.32 Å². The van der Waals surface area contributed by atoms with Gasteiger partial charge in [0.25, 0.3) is 0 Å². The van der Waals surface area contributed by atoms with E-state index >= 15 is 0 Å². The minimum Gasteiger partial charge on any atom is -0.344 e. The molecule has 6 heteroatoms. The third-order valence-electron chi connectivity index (χ3n) is 1.97. The van der Waals surface area contributed by atoms with Gasteiger partial charge in [-0.1, -0.05) is 13.8 Å². The molecule has 0 aliphatic carbocycles. The Balaban J connectivity index is 4.02. The average Bonchev–Trinajstić information content (AvgIpc) is 2.25. The second-order valence-electron chi connectivity index (χ2n) is 3.66. The maximum Gasteiger partial charge on any atom is 0.247 e. The van der Waals surface area contributed by atoms with E-state index in [9.17, 15) is 14.4 Å². The van der Waals surface area contributed by atoms with Crippen molar-refractivity contribution < 1.29 is 14.4 Å². The molecule has 0 spiro atoms. The quantitative estimate of drug-likeness (QED) is 0.355. The maximum absolute atomic E-state index is 11.5. The van der Waals surface area contributed by atoms with Gasteiger partial charge in [0.05, 0.1) is 6.04 Å². The second kappa shape index (κ2) is 8.29. The smallest absolute Gasteiger partial charge is 0.247 e. The third kappa shape index (κ3) is 5.87. The van der Waals surface area contributed by atoms with Crippen LogP contribution in [0.4, 0.5) is 0 Å². The van der Waals surface area contributed by atoms with Gasteiger partial charge in [0.2, 0.25) is 5.91 Å². The molecule has 0 bridgehead atoms. The first-order valence-electron chi connectivity index (χ1n) is 5.09. The Morgan fingerprint density at radius 3 is 2.50 bits per heavy atom. The van der Waals surface area contributed by atoms with Gasteiger partial charge in [0.1, 0.15) is 17.9 Å². The number of nitrogens with one attached hydrogen (secondary N) is 1. The van der Waals surface area contributed by atoms with Gasteiger partial charge >= 0.3 is 0 Å². The van der Waals surface area contributed by atoms with E-state index in [1.54, 1.807) is 0 Å². The molecule has 0 saturated carbocycles. The molecule has 0 rings (SSSR count). The van der Waals surface area contributed by atoms with Crippen LogP contribution in [0.1, 0.15) is 20.3 Å². The van der Waals surface area contributed by atoms with Crippen LogP contribution in [0.25, 0.3) is 0 Å². The van der Waals surface area contributed by atoms with Gasteiger partial charge in [-0.3, -0.25) is 4.79 Å². The highest BCUT2D eigenvalue weighted by Crippen LogP contribution is 2.07. The molecule has 0 aliphatic heterocycles. The first kappa shape index (κ1) is 15.1. The Morgan fingerprint density at radius 2 is 2.06 bits per heavy atom. The Kier molecular flexibility index (Phi) is 7.84. The molecule has 0 aromatic heterocycles. The van der Waals surface area contributed by atoms with Crippen molar-refractivity contribution in [2.45, 2.75) is 31.7 Å². The lowest BCUT2D eigenvalue weighted by atomic mass is 10.1. The Bertz CT molecular complexity index is 246. The van der Waals surface area contributed by atoms with Gasteiger partial charge in [-0.25, -0.2) is 0 Å². The molecule has 16 heavy (non-hydrogen) atoms. The van der Waals surface area contributed by atoms with Gasteiger partial charge in [-0.05, 0) is 5.92 Å². The van der Waals surface area contributed by atoms with Crippen molar-refractivity contribution in [2.24, 2.45) is 11.7 Å². The Morgan fingerprint density at radius 1 is 1.44 bits per heavy atom. The van der Waals surface area contributed by atoms with Crippen molar-refractivity contribution in [2.75, 3.05) is 5.75 Å². The van der Waals surface area contributed by atoms with E-state index < -0.39 is 11.4 Å². The minimum atomic E-state index is -0.735. The number of amides is 1. The summed E-state index contributed by atoms with van der Waals surface area (Å²) in [5.41, 5.74) is 5.58. The Labute approximate surface area is 99.5 Å². The normalized spacial score (nSPS) is 14.2. The molecule has 0 unspecified atom stereocenters. The average molecular weight is 246 g/mol. The van der Waals surface area contributed by atoms with Gasteiger partial charge in [0, 0.05) is 12.2 Å². The van der Waals surface area contributed by atoms with Gasteiger partial charge < -0.3 is 20.6 Å². The predicted octanol–water partition coefficient (Wildman–Crippen LogP) is -0.0669. The fourth-order valence-electron chi connectivity index (χ4n) is 0.923. The van der Waals surface area contributed by atoms with Crippen molar-refractivity contribution in [1.82, 2.24) is 5.32 Å². The summed E-state index contributed by atoms with van der Waals surface area (Å²) >= 11 is 1.19. The van der Waals surface area contributed by atoms with Crippen LogP contribution in [0.2, 0.25) is 0 Å². The molecule has 0 fully saturated rings. The summed E-state index contributed by atoms with van der Waals surface area (Å²) in [7, 11) is 0. The van der Waals surface area contributed by atoms with Crippen molar-refractivity contribution in [1.29, 1.82) is 0 Å². The molecule has 92 valence electrons. The highest BCUT2D eigenvalue weighted by Gasteiger charge is 2.19. The van der Waals surface area contributed by atoms with Crippen LogP contribution in [0.5, 0.6) is 0 Å². The molecule has 2 atom stereocenters. The van der Waals surface area contributed by atoms with Crippen molar-refractivity contribution in [3.63, 3.8) is 0 Å². The van der Waals surface area contributed by atoms with E-state index in [1.807, 2.05) is 13.8 Å². The van der Waals surface area contributed by atoms with Crippen LogP contribution in [-0.2, 0) is 14.4 Å². The lowest BCUT2D eigenvalue weighted by Crippen LogP contribution is -2.46. The number of thioether (sulfide) groups is 1. The van der Waals surface area contributed by atoms with Crippen LogP contribution >= 0.6 is 11.8 Å². The number of carbonyl (C=O) groups is 3. The molecule has 0 radical (unpaired) electrons. The maximum atomic E-state index is 11.5. The molecule has 5 nitrogen and oxygen atoms in total. The topological polar surface area (TPSA) is 89.3 Å². The number of hydrogen-bond donors (Lipinski definition) is 2. The third-order valence-corrected chi connectivity index (χ3v) is 3.01. The van der Waals surface area contributed by atoms with Gasteiger partial charge in [0.15, 0.2) is 0 Å². The van der Waals surface area contributed by atoms with Gasteiger partial charge in [-0.15, -0.1) is 11.8 Å². The zero-order valence-corrected chi connectivity index (χ0v) is 10.3. The minimum absolute atomic E-state index is 0.0358. The number of nitrogens with two attached hydrogens (primary N) is 1. The van der Waals surface area contributed by atoms with Crippen molar-refractivity contribution in [3.05, 3.63) is 0 Å². The molecule has 0 heterocycles. The summed E-state index contributed by atoms with van der Waals surface area (Å²) in [6.07, 6.45) is 1.85. The number of hydrogen-bond acceptors (Lipinski definition) is 5. The molecular formula is C10H18N2O3S. The van der Waals surface area contributed by atoms with Crippen LogP contribution in [0.3, 0.4) is 0 Å². The zero-order chi connectivity index (χ0) is 12.6. The lowest BCUT2D eigenvalue weighted by Gasteiger charge is -2.18. The van der Waals surface area contributed by atoms with Crippen LogP contribution < -0.4 is 11.1 Å². The van der Waals surface area contributed by atoms with E-state index in [0.29, 0.717) is 18.5 Å².